The van der Waals surface area contributed by atoms with Crippen LogP contribution in [-0.4, -0.2) is 24.0 Å². The largest absolute Gasteiger partial charge is 0.370 e. The van der Waals surface area contributed by atoms with Crippen molar-refractivity contribution in [3.8, 4) is 0 Å². The predicted octanol–water partition coefficient (Wildman–Crippen LogP) is 3.26. The molecule has 0 aliphatic carbocycles. The van der Waals surface area contributed by atoms with E-state index in [1.54, 1.807) is 11.8 Å². The molecule has 3 N–H and O–H groups in total. The molecule has 1 aromatic carbocycles. The number of hydrogen-bond acceptors (Lipinski definition) is 2. The summed E-state index contributed by atoms with van der Waals surface area (Å²) >= 11 is 1.80. The zero-order valence-corrected chi connectivity index (χ0v) is 13.7. The third kappa shape index (κ3) is 7.60. The molecule has 0 aliphatic rings. The summed E-state index contributed by atoms with van der Waals surface area (Å²) in [6.07, 6.45) is 1.89. The summed E-state index contributed by atoms with van der Waals surface area (Å²) in [5, 5.41) is 3.07. The minimum atomic E-state index is 0. The lowest BCUT2D eigenvalue weighted by Crippen LogP contribution is -2.23. The van der Waals surface area contributed by atoms with Gasteiger partial charge in [-0.15, -0.1) is 30.6 Å². The highest BCUT2D eigenvalue weighted by Crippen LogP contribution is 2.08. The van der Waals surface area contributed by atoms with Gasteiger partial charge in [-0.2, -0.15) is 11.8 Å². The van der Waals surface area contributed by atoms with Crippen LogP contribution in [0.2, 0.25) is 0 Å². The Bertz CT molecular complexity index is 394. The van der Waals surface area contributed by atoms with Gasteiger partial charge in [0, 0.05) is 17.2 Å². The van der Waals surface area contributed by atoms with Crippen LogP contribution in [0.5, 0.6) is 0 Å². The van der Waals surface area contributed by atoms with E-state index in [0.717, 1.165) is 23.7 Å². The Kier molecular flexibility index (Phi) is 9.86. The van der Waals surface area contributed by atoms with E-state index in [1.165, 1.54) is 5.56 Å². The van der Waals surface area contributed by atoms with Crippen LogP contribution in [0.15, 0.2) is 41.9 Å². The monoisotopic (exact) mass is 377 g/mol. The van der Waals surface area contributed by atoms with Crippen molar-refractivity contribution >= 4 is 47.4 Å². The SMILES string of the molecule is C=CCSCCN=C(N)Nc1cccc(C)c1.I. The van der Waals surface area contributed by atoms with Crippen molar-refractivity contribution in [1.29, 1.82) is 0 Å². The van der Waals surface area contributed by atoms with E-state index >= 15 is 0 Å². The first-order valence-corrected chi connectivity index (χ1v) is 6.70. The second-order valence-corrected chi connectivity index (χ2v) is 4.77. The minimum Gasteiger partial charge on any atom is -0.370 e. The number of guanidine groups is 1. The molecule has 0 unspecified atom stereocenters. The summed E-state index contributed by atoms with van der Waals surface area (Å²) in [6.45, 7) is 6.44. The number of nitrogens with two attached hydrogens (primary N) is 1. The molecule has 0 atom stereocenters. The molecule has 0 radical (unpaired) electrons. The van der Waals surface area contributed by atoms with Crippen LogP contribution in [0.3, 0.4) is 0 Å². The van der Waals surface area contributed by atoms with E-state index in [0.29, 0.717) is 5.96 Å². The summed E-state index contributed by atoms with van der Waals surface area (Å²) in [6, 6.07) is 8.05. The fraction of sp³-hybridized carbons (Fsp3) is 0.308. The van der Waals surface area contributed by atoms with Gasteiger partial charge in [0.15, 0.2) is 5.96 Å². The van der Waals surface area contributed by atoms with Crippen molar-refractivity contribution in [3.63, 3.8) is 0 Å². The fourth-order valence-corrected chi connectivity index (χ4v) is 1.86. The quantitative estimate of drug-likeness (QED) is 0.263. The molecular formula is C13H20IN3S. The fourth-order valence-electron chi connectivity index (χ4n) is 1.31. The van der Waals surface area contributed by atoms with Gasteiger partial charge < -0.3 is 11.1 Å². The normalized spacial score (nSPS) is 10.6. The second kappa shape index (κ2) is 10.3. The van der Waals surface area contributed by atoms with E-state index in [1.807, 2.05) is 37.3 Å². The number of hydrogen-bond donors (Lipinski definition) is 2. The summed E-state index contributed by atoms with van der Waals surface area (Å²) < 4.78 is 0. The first-order chi connectivity index (χ1) is 8.22. The highest BCUT2D eigenvalue weighted by Gasteiger charge is 1.94. The topological polar surface area (TPSA) is 50.4 Å². The number of thioether (sulfide) groups is 1. The molecule has 100 valence electrons. The molecule has 0 saturated heterocycles. The first-order valence-electron chi connectivity index (χ1n) is 5.54. The number of rotatable bonds is 6. The molecule has 0 heterocycles. The smallest absolute Gasteiger partial charge is 0.193 e. The van der Waals surface area contributed by atoms with Crippen LogP contribution in [0.25, 0.3) is 0 Å². The number of anilines is 1. The Balaban J connectivity index is 0.00000289. The summed E-state index contributed by atoms with van der Waals surface area (Å²) in [4.78, 5) is 4.25. The molecule has 3 nitrogen and oxygen atoms in total. The molecule has 5 heteroatoms. The molecule has 0 amide bonds. The summed E-state index contributed by atoms with van der Waals surface area (Å²) in [5.41, 5.74) is 7.96. The Morgan fingerprint density at radius 3 is 3.00 bits per heavy atom. The van der Waals surface area contributed by atoms with Crippen molar-refractivity contribution in [3.05, 3.63) is 42.5 Å². The molecular weight excluding hydrogens is 357 g/mol. The summed E-state index contributed by atoms with van der Waals surface area (Å²) in [5.74, 6) is 2.39. The first kappa shape index (κ1) is 17.3. The number of nitrogens with one attached hydrogen (secondary N) is 1. The molecule has 1 aromatic rings. The number of halogens is 1. The van der Waals surface area contributed by atoms with Gasteiger partial charge in [-0.1, -0.05) is 18.2 Å². The number of aryl methyl sites for hydroxylation is 1. The van der Waals surface area contributed by atoms with Gasteiger partial charge in [0.25, 0.3) is 0 Å². The molecule has 0 spiro atoms. The maximum absolute atomic E-state index is 5.78. The average Bonchev–Trinajstić information content (AvgIpc) is 2.29. The third-order valence-electron chi connectivity index (χ3n) is 2.04. The van der Waals surface area contributed by atoms with Crippen LogP contribution in [0.1, 0.15) is 5.56 Å². The highest BCUT2D eigenvalue weighted by molar-refractivity contribution is 14.0. The van der Waals surface area contributed by atoms with Gasteiger partial charge in [0.2, 0.25) is 0 Å². The van der Waals surface area contributed by atoms with Gasteiger partial charge in [-0.25, -0.2) is 0 Å². The van der Waals surface area contributed by atoms with Crippen molar-refractivity contribution in [2.45, 2.75) is 6.92 Å². The molecule has 1 rings (SSSR count). The minimum absolute atomic E-state index is 0. The van der Waals surface area contributed by atoms with Gasteiger partial charge in [-0.05, 0) is 24.6 Å². The Morgan fingerprint density at radius 1 is 1.56 bits per heavy atom. The Labute approximate surface area is 130 Å². The molecule has 0 aliphatic heterocycles. The molecule has 0 bridgehead atoms. The van der Waals surface area contributed by atoms with Crippen molar-refractivity contribution in [1.82, 2.24) is 0 Å². The van der Waals surface area contributed by atoms with Crippen molar-refractivity contribution in [2.75, 3.05) is 23.4 Å². The lowest BCUT2D eigenvalue weighted by atomic mass is 10.2. The van der Waals surface area contributed by atoms with Gasteiger partial charge >= 0.3 is 0 Å². The second-order valence-electron chi connectivity index (χ2n) is 3.63. The summed E-state index contributed by atoms with van der Waals surface area (Å²) in [7, 11) is 0. The maximum atomic E-state index is 5.78. The highest BCUT2D eigenvalue weighted by atomic mass is 127. The number of benzene rings is 1. The zero-order valence-electron chi connectivity index (χ0n) is 10.6. The van der Waals surface area contributed by atoms with Gasteiger partial charge in [-0.3, -0.25) is 4.99 Å². The van der Waals surface area contributed by atoms with Gasteiger partial charge in [0.05, 0.1) is 6.54 Å². The van der Waals surface area contributed by atoms with Crippen LogP contribution < -0.4 is 11.1 Å². The van der Waals surface area contributed by atoms with Crippen LogP contribution in [-0.2, 0) is 0 Å². The lowest BCUT2D eigenvalue weighted by Gasteiger charge is -2.06. The van der Waals surface area contributed by atoms with Crippen molar-refractivity contribution < 1.29 is 0 Å². The van der Waals surface area contributed by atoms with Crippen LogP contribution >= 0.6 is 35.7 Å². The average molecular weight is 377 g/mol. The van der Waals surface area contributed by atoms with Crippen molar-refractivity contribution in [2.24, 2.45) is 10.7 Å². The van der Waals surface area contributed by atoms with E-state index in [9.17, 15) is 0 Å². The molecule has 0 aromatic heterocycles. The maximum Gasteiger partial charge on any atom is 0.193 e. The molecule has 18 heavy (non-hydrogen) atoms. The Hall–Kier alpha value is -0.690. The van der Waals surface area contributed by atoms with E-state index in [2.05, 4.69) is 16.9 Å². The van der Waals surface area contributed by atoms with E-state index in [4.69, 9.17) is 5.73 Å². The lowest BCUT2D eigenvalue weighted by molar-refractivity contribution is 1.13. The number of aliphatic imine (C=N–C) groups is 1. The molecule has 0 saturated carbocycles. The van der Waals surface area contributed by atoms with E-state index < -0.39 is 0 Å². The van der Waals surface area contributed by atoms with E-state index in [-0.39, 0.29) is 24.0 Å². The number of nitrogens with zero attached hydrogens (tertiary/aromatic N) is 1. The standard InChI is InChI=1S/C13H19N3S.HI/c1-3-8-17-9-7-15-13(14)16-12-6-4-5-11(2)10-12;/h3-6,10H,1,7-9H2,2H3,(H3,14,15,16);1H. The van der Waals surface area contributed by atoms with Crippen LogP contribution in [0.4, 0.5) is 5.69 Å². The predicted molar refractivity (Wildman–Crippen MR) is 94.2 cm³/mol. The third-order valence-corrected chi connectivity index (χ3v) is 2.99. The Morgan fingerprint density at radius 2 is 2.33 bits per heavy atom. The molecule has 0 fully saturated rings. The zero-order chi connectivity index (χ0) is 12.5. The van der Waals surface area contributed by atoms with Crippen LogP contribution in [0, 0.1) is 6.92 Å². The van der Waals surface area contributed by atoms with Gasteiger partial charge in [0.1, 0.15) is 0 Å².